The molecule has 0 spiro atoms. The van der Waals surface area contributed by atoms with E-state index in [2.05, 4.69) is 30.9 Å². The molecule has 2 aliphatic carbocycles. The van der Waals surface area contributed by atoms with Crippen molar-refractivity contribution in [1.29, 1.82) is 0 Å². The van der Waals surface area contributed by atoms with Crippen LogP contribution in [0.2, 0.25) is 0 Å². The summed E-state index contributed by atoms with van der Waals surface area (Å²) in [5.41, 5.74) is 1.48. The van der Waals surface area contributed by atoms with Gasteiger partial charge in [-0.05, 0) is 53.1 Å². The highest BCUT2D eigenvalue weighted by atomic mass is 79.9. The second-order valence-corrected chi connectivity index (χ2v) is 6.58. The van der Waals surface area contributed by atoms with Crippen LogP contribution in [0.1, 0.15) is 25.1 Å². The normalized spacial score (nSPS) is 24.9. The molecule has 0 bridgehead atoms. The van der Waals surface area contributed by atoms with Gasteiger partial charge in [0.15, 0.2) is 5.65 Å². The number of carbonyl (C=O) groups is 1. The molecule has 0 aliphatic heterocycles. The fourth-order valence-electron chi connectivity index (χ4n) is 2.77. The van der Waals surface area contributed by atoms with Gasteiger partial charge in [-0.3, -0.25) is 4.79 Å². The lowest BCUT2D eigenvalue weighted by atomic mass is 10.2. The molecule has 0 radical (unpaired) electrons. The average molecular weight is 336 g/mol. The number of esters is 1. The van der Waals surface area contributed by atoms with Crippen molar-refractivity contribution in [2.45, 2.75) is 25.9 Å². The van der Waals surface area contributed by atoms with Crippen LogP contribution in [0.25, 0.3) is 11.2 Å². The Morgan fingerprint density at radius 3 is 3.15 bits per heavy atom. The molecule has 2 aromatic heterocycles. The third-order valence-electron chi connectivity index (χ3n) is 4.07. The number of nitrogens with one attached hydrogen (secondary N) is 1. The van der Waals surface area contributed by atoms with Crippen molar-refractivity contribution in [3.8, 4) is 0 Å². The number of aromatic amines is 1. The van der Waals surface area contributed by atoms with Crippen LogP contribution in [-0.4, -0.2) is 20.9 Å². The standard InChI is InChI=1S/C14H14BrN3O2/c15-8-3-11-13(16-5-8)18-12(17-11)6-20-14(19)10-4-9(10)7-1-2-7/h3,5,7,9-10H,1-2,4,6H2,(H,16,17,18)/t9-,10-/m1/s1. The van der Waals surface area contributed by atoms with Crippen LogP contribution in [0.15, 0.2) is 16.7 Å². The number of ether oxygens (including phenoxy) is 1. The molecule has 5 nitrogen and oxygen atoms in total. The van der Waals surface area contributed by atoms with Gasteiger partial charge in [-0.15, -0.1) is 0 Å². The fourth-order valence-corrected chi connectivity index (χ4v) is 3.10. The number of H-pyrrole nitrogens is 1. The summed E-state index contributed by atoms with van der Waals surface area (Å²) in [6, 6.07) is 1.91. The largest absolute Gasteiger partial charge is 0.457 e. The lowest BCUT2D eigenvalue weighted by Gasteiger charge is -2.01. The van der Waals surface area contributed by atoms with E-state index in [1.165, 1.54) is 12.8 Å². The van der Waals surface area contributed by atoms with E-state index in [0.29, 0.717) is 17.4 Å². The van der Waals surface area contributed by atoms with Crippen LogP contribution in [0, 0.1) is 17.8 Å². The Balaban J connectivity index is 1.39. The van der Waals surface area contributed by atoms with Crippen LogP contribution in [-0.2, 0) is 16.1 Å². The van der Waals surface area contributed by atoms with E-state index in [1.54, 1.807) is 6.20 Å². The van der Waals surface area contributed by atoms with Crippen molar-refractivity contribution in [1.82, 2.24) is 15.0 Å². The summed E-state index contributed by atoms with van der Waals surface area (Å²) in [5, 5.41) is 0. The van der Waals surface area contributed by atoms with E-state index in [9.17, 15) is 4.79 Å². The Hall–Kier alpha value is -1.43. The molecule has 2 heterocycles. The molecule has 1 N–H and O–H groups in total. The maximum Gasteiger partial charge on any atom is 0.309 e. The monoisotopic (exact) mass is 335 g/mol. The van der Waals surface area contributed by atoms with E-state index < -0.39 is 0 Å². The highest BCUT2D eigenvalue weighted by Gasteiger charge is 2.52. The van der Waals surface area contributed by atoms with Gasteiger partial charge in [-0.1, -0.05) is 0 Å². The Morgan fingerprint density at radius 1 is 1.50 bits per heavy atom. The maximum absolute atomic E-state index is 11.9. The summed E-state index contributed by atoms with van der Waals surface area (Å²) in [6.45, 7) is 0.195. The second-order valence-electron chi connectivity index (χ2n) is 5.66. The number of pyridine rings is 1. The Labute approximate surface area is 124 Å². The SMILES string of the molecule is O=C(OCc1nc2ncc(Br)cc2[nH]1)[C@@H]1C[C@@H]1C1CC1. The number of aromatic nitrogens is 3. The van der Waals surface area contributed by atoms with Gasteiger partial charge < -0.3 is 9.72 Å². The molecular formula is C14H14BrN3O2. The van der Waals surface area contributed by atoms with Gasteiger partial charge in [0, 0.05) is 10.7 Å². The minimum atomic E-state index is -0.0727. The minimum Gasteiger partial charge on any atom is -0.457 e. The van der Waals surface area contributed by atoms with Gasteiger partial charge in [0.1, 0.15) is 12.4 Å². The number of hydrogen-bond donors (Lipinski definition) is 1. The summed E-state index contributed by atoms with van der Waals surface area (Å²) in [4.78, 5) is 23.5. The molecule has 0 amide bonds. The first-order valence-electron chi connectivity index (χ1n) is 6.87. The predicted octanol–water partition coefficient (Wildman–Crippen LogP) is 2.81. The molecule has 2 fully saturated rings. The first-order chi connectivity index (χ1) is 9.70. The first-order valence-corrected chi connectivity index (χ1v) is 7.67. The van der Waals surface area contributed by atoms with Crippen molar-refractivity contribution >= 4 is 33.1 Å². The average Bonchev–Trinajstić information content (AvgIpc) is 3.29. The zero-order chi connectivity index (χ0) is 13.7. The second kappa shape index (κ2) is 4.55. The van der Waals surface area contributed by atoms with E-state index >= 15 is 0 Å². The number of hydrogen-bond acceptors (Lipinski definition) is 4. The lowest BCUT2D eigenvalue weighted by molar-refractivity contribution is -0.147. The number of fused-ring (bicyclic) bond motifs is 1. The summed E-state index contributed by atoms with van der Waals surface area (Å²) in [6.07, 6.45) is 5.29. The summed E-state index contributed by atoms with van der Waals surface area (Å²) in [7, 11) is 0. The number of nitrogens with zero attached hydrogens (tertiary/aromatic N) is 2. The molecular weight excluding hydrogens is 322 g/mol. The smallest absolute Gasteiger partial charge is 0.309 e. The Kier molecular flexibility index (Phi) is 2.80. The van der Waals surface area contributed by atoms with Gasteiger partial charge in [-0.25, -0.2) is 9.97 Å². The van der Waals surface area contributed by atoms with Gasteiger partial charge >= 0.3 is 5.97 Å². The highest BCUT2D eigenvalue weighted by molar-refractivity contribution is 9.10. The number of rotatable bonds is 4. The van der Waals surface area contributed by atoms with Crippen LogP contribution in [0.4, 0.5) is 0 Å². The molecule has 2 saturated carbocycles. The molecule has 104 valence electrons. The number of imidazole rings is 1. The molecule has 4 rings (SSSR count). The van der Waals surface area contributed by atoms with E-state index in [-0.39, 0.29) is 18.5 Å². The van der Waals surface area contributed by atoms with Crippen LogP contribution in [0.5, 0.6) is 0 Å². The molecule has 20 heavy (non-hydrogen) atoms. The van der Waals surface area contributed by atoms with Crippen LogP contribution in [0.3, 0.4) is 0 Å². The third kappa shape index (κ3) is 2.32. The molecule has 2 aromatic rings. The molecule has 0 unspecified atom stereocenters. The minimum absolute atomic E-state index is 0.0727. The zero-order valence-corrected chi connectivity index (χ0v) is 12.4. The quantitative estimate of drug-likeness (QED) is 0.872. The van der Waals surface area contributed by atoms with Crippen molar-refractivity contribution in [2.75, 3.05) is 0 Å². The molecule has 2 atom stereocenters. The Bertz CT molecular complexity index is 680. The molecule has 2 aliphatic rings. The van der Waals surface area contributed by atoms with Gasteiger partial charge in [0.2, 0.25) is 0 Å². The van der Waals surface area contributed by atoms with Gasteiger partial charge in [0.05, 0.1) is 11.4 Å². The third-order valence-corrected chi connectivity index (χ3v) is 4.51. The van der Waals surface area contributed by atoms with Gasteiger partial charge in [-0.2, -0.15) is 0 Å². The van der Waals surface area contributed by atoms with Crippen molar-refractivity contribution in [3.05, 3.63) is 22.6 Å². The maximum atomic E-state index is 11.9. The van der Waals surface area contributed by atoms with Crippen molar-refractivity contribution < 1.29 is 9.53 Å². The summed E-state index contributed by atoms with van der Waals surface area (Å²) >= 11 is 3.36. The van der Waals surface area contributed by atoms with Crippen molar-refractivity contribution in [3.63, 3.8) is 0 Å². The number of halogens is 1. The van der Waals surface area contributed by atoms with Crippen molar-refractivity contribution in [2.24, 2.45) is 17.8 Å². The zero-order valence-electron chi connectivity index (χ0n) is 10.8. The molecule has 0 aromatic carbocycles. The molecule has 0 saturated heterocycles. The van der Waals surface area contributed by atoms with E-state index in [0.717, 1.165) is 22.3 Å². The summed E-state index contributed by atoms with van der Waals surface area (Å²) in [5.74, 6) is 2.09. The van der Waals surface area contributed by atoms with E-state index in [1.807, 2.05) is 6.07 Å². The Morgan fingerprint density at radius 2 is 2.35 bits per heavy atom. The van der Waals surface area contributed by atoms with E-state index in [4.69, 9.17) is 4.74 Å². The first kappa shape index (κ1) is 12.3. The topological polar surface area (TPSA) is 67.9 Å². The lowest BCUT2D eigenvalue weighted by Crippen LogP contribution is -2.09. The fraction of sp³-hybridized carbons (Fsp3) is 0.500. The molecule has 6 heteroatoms. The predicted molar refractivity (Wildman–Crippen MR) is 75.7 cm³/mol. The van der Waals surface area contributed by atoms with Crippen LogP contribution >= 0.6 is 15.9 Å². The number of carbonyl (C=O) groups excluding carboxylic acids is 1. The summed E-state index contributed by atoms with van der Waals surface area (Å²) < 4.78 is 6.24. The van der Waals surface area contributed by atoms with Crippen LogP contribution < -0.4 is 0 Å². The highest BCUT2D eigenvalue weighted by Crippen LogP contribution is 2.54. The van der Waals surface area contributed by atoms with Gasteiger partial charge in [0.25, 0.3) is 0 Å².